The van der Waals surface area contributed by atoms with Gasteiger partial charge in [0.15, 0.2) is 0 Å². The molecule has 1 aliphatic carbocycles. The van der Waals surface area contributed by atoms with Crippen LogP contribution in [-0.4, -0.2) is 23.8 Å². The SMILES string of the molecule is CCC1CCCC1NCC(C)(CC)C(C)O. The molecule has 4 unspecified atom stereocenters. The molecule has 0 aromatic rings. The van der Waals surface area contributed by atoms with Gasteiger partial charge < -0.3 is 10.4 Å². The Hall–Kier alpha value is -0.0800. The van der Waals surface area contributed by atoms with Crippen LogP contribution in [-0.2, 0) is 0 Å². The summed E-state index contributed by atoms with van der Waals surface area (Å²) in [4.78, 5) is 0. The van der Waals surface area contributed by atoms with Crippen LogP contribution in [0.25, 0.3) is 0 Å². The van der Waals surface area contributed by atoms with E-state index in [2.05, 4.69) is 26.1 Å². The molecule has 0 radical (unpaired) electrons. The third kappa shape index (κ3) is 3.21. The Bertz CT molecular complexity index is 205. The summed E-state index contributed by atoms with van der Waals surface area (Å²) in [5.41, 5.74) is 0.0287. The van der Waals surface area contributed by atoms with Gasteiger partial charge in [0.25, 0.3) is 0 Å². The normalized spacial score (nSPS) is 31.3. The van der Waals surface area contributed by atoms with Crippen molar-refractivity contribution in [2.75, 3.05) is 6.54 Å². The third-order valence-electron chi connectivity index (χ3n) is 4.77. The fourth-order valence-electron chi connectivity index (χ4n) is 2.73. The molecule has 0 spiro atoms. The monoisotopic (exact) mass is 227 g/mol. The first kappa shape index (κ1) is 14.0. The zero-order valence-corrected chi connectivity index (χ0v) is 11.4. The smallest absolute Gasteiger partial charge is 0.0577 e. The Kier molecular flexibility index (Phi) is 5.26. The highest BCUT2D eigenvalue weighted by atomic mass is 16.3. The minimum atomic E-state index is -0.230. The zero-order chi connectivity index (χ0) is 12.2. The standard InChI is InChI=1S/C14H29NO/c1-5-12-8-7-9-13(12)15-10-14(4,6-2)11(3)16/h11-13,15-16H,5-10H2,1-4H3. The molecule has 1 saturated carbocycles. The fraction of sp³-hybridized carbons (Fsp3) is 1.00. The van der Waals surface area contributed by atoms with Crippen molar-refractivity contribution >= 4 is 0 Å². The topological polar surface area (TPSA) is 32.3 Å². The van der Waals surface area contributed by atoms with Gasteiger partial charge in [0.05, 0.1) is 6.10 Å². The van der Waals surface area contributed by atoms with Crippen molar-refractivity contribution in [2.45, 2.75) is 71.9 Å². The second-order valence-electron chi connectivity index (χ2n) is 5.77. The van der Waals surface area contributed by atoms with Crippen molar-refractivity contribution in [1.82, 2.24) is 5.32 Å². The van der Waals surface area contributed by atoms with Gasteiger partial charge >= 0.3 is 0 Å². The van der Waals surface area contributed by atoms with Crippen molar-refractivity contribution in [2.24, 2.45) is 11.3 Å². The molecule has 1 aliphatic rings. The number of nitrogens with one attached hydrogen (secondary N) is 1. The molecule has 16 heavy (non-hydrogen) atoms. The van der Waals surface area contributed by atoms with Gasteiger partial charge in [-0.15, -0.1) is 0 Å². The quantitative estimate of drug-likeness (QED) is 0.731. The number of aliphatic hydroxyl groups excluding tert-OH is 1. The van der Waals surface area contributed by atoms with Crippen LogP contribution in [0.15, 0.2) is 0 Å². The van der Waals surface area contributed by atoms with E-state index in [1.165, 1.54) is 25.7 Å². The lowest BCUT2D eigenvalue weighted by Crippen LogP contribution is -2.44. The van der Waals surface area contributed by atoms with Gasteiger partial charge in [0.1, 0.15) is 0 Å². The van der Waals surface area contributed by atoms with Crippen molar-refractivity contribution in [3.8, 4) is 0 Å². The van der Waals surface area contributed by atoms with Crippen LogP contribution in [0, 0.1) is 11.3 Å². The highest BCUT2D eigenvalue weighted by molar-refractivity contribution is 4.87. The summed E-state index contributed by atoms with van der Waals surface area (Å²) in [6, 6.07) is 0.689. The highest BCUT2D eigenvalue weighted by Crippen LogP contribution is 2.30. The summed E-state index contributed by atoms with van der Waals surface area (Å²) in [7, 11) is 0. The van der Waals surface area contributed by atoms with E-state index in [4.69, 9.17) is 0 Å². The predicted molar refractivity (Wildman–Crippen MR) is 69.5 cm³/mol. The largest absolute Gasteiger partial charge is 0.393 e. The lowest BCUT2D eigenvalue weighted by atomic mass is 9.82. The van der Waals surface area contributed by atoms with Gasteiger partial charge in [-0.2, -0.15) is 0 Å². The summed E-state index contributed by atoms with van der Waals surface area (Å²) in [5, 5.41) is 13.5. The van der Waals surface area contributed by atoms with E-state index in [0.29, 0.717) is 6.04 Å². The third-order valence-corrected chi connectivity index (χ3v) is 4.77. The Morgan fingerprint density at radius 3 is 2.56 bits per heavy atom. The van der Waals surface area contributed by atoms with E-state index >= 15 is 0 Å². The summed E-state index contributed by atoms with van der Waals surface area (Å²) >= 11 is 0. The lowest BCUT2D eigenvalue weighted by Gasteiger charge is -2.34. The molecule has 0 aliphatic heterocycles. The molecule has 2 N–H and O–H groups in total. The van der Waals surface area contributed by atoms with Gasteiger partial charge in [-0.05, 0) is 32.1 Å². The summed E-state index contributed by atoms with van der Waals surface area (Å²) < 4.78 is 0. The number of hydrogen-bond donors (Lipinski definition) is 2. The predicted octanol–water partition coefficient (Wildman–Crippen LogP) is 2.95. The maximum absolute atomic E-state index is 9.83. The summed E-state index contributed by atoms with van der Waals surface area (Å²) in [5.74, 6) is 0.857. The minimum Gasteiger partial charge on any atom is -0.393 e. The van der Waals surface area contributed by atoms with Crippen LogP contribution >= 0.6 is 0 Å². The number of hydrogen-bond acceptors (Lipinski definition) is 2. The van der Waals surface area contributed by atoms with E-state index < -0.39 is 0 Å². The van der Waals surface area contributed by atoms with Crippen LogP contribution in [0.1, 0.15) is 59.8 Å². The molecule has 0 heterocycles. The molecule has 2 heteroatoms. The highest BCUT2D eigenvalue weighted by Gasteiger charge is 2.31. The van der Waals surface area contributed by atoms with Gasteiger partial charge in [-0.3, -0.25) is 0 Å². The molecular weight excluding hydrogens is 198 g/mol. The van der Waals surface area contributed by atoms with Gasteiger partial charge in [-0.1, -0.05) is 33.6 Å². The first-order valence-corrected chi connectivity index (χ1v) is 6.95. The Morgan fingerprint density at radius 1 is 1.38 bits per heavy atom. The van der Waals surface area contributed by atoms with Gasteiger partial charge in [-0.25, -0.2) is 0 Å². The fourth-order valence-corrected chi connectivity index (χ4v) is 2.73. The number of aliphatic hydroxyl groups is 1. The average Bonchev–Trinajstić information content (AvgIpc) is 2.72. The average molecular weight is 227 g/mol. The van der Waals surface area contributed by atoms with Gasteiger partial charge in [0.2, 0.25) is 0 Å². The van der Waals surface area contributed by atoms with Crippen molar-refractivity contribution < 1.29 is 5.11 Å². The van der Waals surface area contributed by atoms with E-state index in [1.807, 2.05) is 6.92 Å². The molecule has 0 saturated heterocycles. The molecule has 2 nitrogen and oxygen atoms in total. The first-order valence-electron chi connectivity index (χ1n) is 6.95. The minimum absolute atomic E-state index is 0.0287. The van der Waals surface area contributed by atoms with E-state index in [1.54, 1.807) is 0 Å². The molecule has 0 bridgehead atoms. The van der Waals surface area contributed by atoms with E-state index in [0.717, 1.165) is 18.9 Å². The second-order valence-corrected chi connectivity index (χ2v) is 5.77. The molecule has 4 atom stereocenters. The molecule has 0 amide bonds. The van der Waals surface area contributed by atoms with E-state index in [-0.39, 0.29) is 11.5 Å². The van der Waals surface area contributed by atoms with Crippen molar-refractivity contribution in [3.63, 3.8) is 0 Å². The Morgan fingerprint density at radius 2 is 2.06 bits per heavy atom. The first-order chi connectivity index (χ1) is 7.53. The van der Waals surface area contributed by atoms with Crippen LogP contribution in [0.5, 0.6) is 0 Å². The molecular formula is C14H29NO. The molecule has 1 rings (SSSR count). The zero-order valence-electron chi connectivity index (χ0n) is 11.4. The van der Waals surface area contributed by atoms with Crippen molar-refractivity contribution in [3.05, 3.63) is 0 Å². The van der Waals surface area contributed by atoms with Gasteiger partial charge in [0, 0.05) is 18.0 Å². The lowest BCUT2D eigenvalue weighted by molar-refractivity contribution is 0.0458. The van der Waals surface area contributed by atoms with Crippen LogP contribution in [0.3, 0.4) is 0 Å². The Labute approximate surface area is 101 Å². The molecule has 1 fully saturated rings. The van der Waals surface area contributed by atoms with Crippen LogP contribution in [0.4, 0.5) is 0 Å². The van der Waals surface area contributed by atoms with Crippen molar-refractivity contribution in [1.29, 1.82) is 0 Å². The van der Waals surface area contributed by atoms with Crippen LogP contribution < -0.4 is 5.32 Å². The molecule has 0 aromatic carbocycles. The maximum Gasteiger partial charge on any atom is 0.0577 e. The summed E-state index contributed by atoms with van der Waals surface area (Å²) in [6.07, 6.45) is 6.15. The summed E-state index contributed by atoms with van der Waals surface area (Å²) in [6.45, 7) is 9.50. The maximum atomic E-state index is 9.83. The molecule has 96 valence electrons. The Balaban J connectivity index is 2.43. The molecule has 0 aromatic heterocycles. The second kappa shape index (κ2) is 6.02. The number of rotatable bonds is 6. The van der Waals surface area contributed by atoms with Crippen LogP contribution in [0.2, 0.25) is 0 Å². The van der Waals surface area contributed by atoms with E-state index in [9.17, 15) is 5.11 Å².